The Kier molecular flexibility index (Phi) is 3.88. The molecule has 5 heteroatoms. The first-order chi connectivity index (χ1) is 6.65. The Labute approximate surface area is 83.0 Å². The first kappa shape index (κ1) is 11.0. The third-order valence-corrected chi connectivity index (χ3v) is 2.12. The molecule has 0 spiro atoms. The molecule has 0 aromatic rings. The number of rotatable bonds is 4. The van der Waals surface area contributed by atoms with Crippen molar-refractivity contribution in [1.29, 1.82) is 0 Å². The Hall–Kier alpha value is -1.10. The van der Waals surface area contributed by atoms with Crippen molar-refractivity contribution in [3.8, 4) is 0 Å². The van der Waals surface area contributed by atoms with Gasteiger partial charge in [0, 0.05) is 6.42 Å². The van der Waals surface area contributed by atoms with Crippen molar-refractivity contribution in [2.45, 2.75) is 19.4 Å². The number of ether oxygens (including phenoxy) is 2. The van der Waals surface area contributed by atoms with Gasteiger partial charge in [0.1, 0.15) is 6.04 Å². The van der Waals surface area contributed by atoms with Crippen LogP contribution in [0.15, 0.2) is 0 Å². The maximum atomic E-state index is 11.1. The van der Waals surface area contributed by atoms with Crippen LogP contribution < -0.4 is 0 Å². The fraction of sp³-hybridized carbons (Fsp3) is 0.778. The molecule has 1 heterocycles. The molecule has 1 atom stereocenters. The molecular formula is C9H15NO4. The van der Waals surface area contributed by atoms with Crippen molar-refractivity contribution < 1.29 is 19.1 Å². The molecule has 5 nitrogen and oxygen atoms in total. The number of carbonyl (C=O) groups is 2. The fourth-order valence-corrected chi connectivity index (χ4v) is 1.41. The smallest absolute Gasteiger partial charge is 0.323 e. The Morgan fingerprint density at radius 1 is 1.71 bits per heavy atom. The maximum absolute atomic E-state index is 11.1. The van der Waals surface area contributed by atoms with E-state index in [1.165, 1.54) is 0 Å². The minimum absolute atomic E-state index is 0.133. The number of esters is 2. The molecule has 1 rings (SSSR count). The van der Waals surface area contributed by atoms with Crippen LogP contribution in [0, 0.1) is 0 Å². The Balaban J connectivity index is 2.37. The van der Waals surface area contributed by atoms with Crippen LogP contribution in [0.3, 0.4) is 0 Å². The topological polar surface area (TPSA) is 55.8 Å². The molecule has 1 aliphatic rings. The minimum Gasteiger partial charge on any atom is -0.465 e. The van der Waals surface area contributed by atoms with E-state index in [0.29, 0.717) is 19.6 Å². The second kappa shape index (κ2) is 4.95. The number of cyclic esters (lactones) is 1. The second-order valence-electron chi connectivity index (χ2n) is 3.19. The van der Waals surface area contributed by atoms with Gasteiger partial charge in [-0.05, 0) is 14.0 Å². The van der Waals surface area contributed by atoms with E-state index in [2.05, 4.69) is 0 Å². The van der Waals surface area contributed by atoms with Gasteiger partial charge < -0.3 is 9.47 Å². The summed E-state index contributed by atoms with van der Waals surface area (Å²) in [6.45, 7) is 2.69. The van der Waals surface area contributed by atoms with Gasteiger partial charge >= 0.3 is 11.9 Å². The lowest BCUT2D eigenvalue weighted by Crippen LogP contribution is -2.39. The van der Waals surface area contributed by atoms with E-state index in [4.69, 9.17) is 9.47 Å². The van der Waals surface area contributed by atoms with E-state index in [1.54, 1.807) is 18.9 Å². The first-order valence-electron chi connectivity index (χ1n) is 4.67. The predicted octanol–water partition coefficient (Wildman–Crippen LogP) is -0.203. The van der Waals surface area contributed by atoms with Crippen LogP contribution in [-0.4, -0.2) is 49.7 Å². The Morgan fingerprint density at radius 2 is 2.43 bits per heavy atom. The van der Waals surface area contributed by atoms with Crippen molar-refractivity contribution in [3.05, 3.63) is 0 Å². The van der Waals surface area contributed by atoms with Gasteiger partial charge in [0.05, 0.1) is 19.8 Å². The molecule has 0 aromatic carbocycles. The fourth-order valence-electron chi connectivity index (χ4n) is 1.41. The van der Waals surface area contributed by atoms with Crippen LogP contribution in [0.4, 0.5) is 0 Å². The summed E-state index contributed by atoms with van der Waals surface area (Å²) in [6, 6.07) is -0.292. The summed E-state index contributed by atoms with van der Waals surface area (Å²) in [5.74, 6) is -0.563. The zero-order chi connectivity index (χ0) is 10.6. The summed E-state index contributed by atoms with van der Waals surface area (Å²) in [7, 11) is 1.72. The third-order valence-electron chi connectivity index (χ3n) is 2.12. The highest BCUT2D eigenvalue weighted by molar-refractivity contribution is 5.79. The molecule has 1 saturated heterocycles. The highest BCUT2D eigenvalue weighted by atomic mass is 16.5. The molecule has 1 unspecified atom stereocenters. The van der Waals surface area contributed by atoms with E-state index in [0.717, 1.165) is 0 Å². The summed E-state index contributed by atoms with van der Waals surface area (Å²) in [6.07, 6.45) is 0.648. The van der Waals surface area contributed by atoms with Crippen LogP contribution in [0.5, 0.6) is 0 Å². The molecule has 0 aliphatic carbocycles. The summed E-state index contributed by atoms with van der Waals surface area (Å²) in [4.78, 5) is 23.9. The Morgan fingerprint density at radius 3 is 2.93 bits per heavy atom. The number of nitrogens with zero attached hydrogens (tertiary/aromatic N) is 1. The van der Waals surface area contributed by atoms with Gasteiger partial charge in [-0.15, -0.1) is 0 Å². The largest absolute Gasteiger partial charge is 0.465 e. The van der Waals surface area contributed by atoms with E-state index in [1.807, 2.05) is 0 Å². The average Bonchev–Trinajstić information content (AvgIpc) is 2.51. The number of hydrogen-bond donors (Lipinski definition) is 0. The summed E-state index contributed by atoms with van der Waals surface area (Å²) in [5.41, 5.74) is 0. The monoisotopic (exact) mass is 201 g/mol. The normalized spacial score (nSPS) is 21.1. The van der Waals surface area contributed by atoms with Crippen molar-refractivity contribution >= 4 is 11.9 Å². The third kappa shape index (κ3) is 2.70. The molecular weight excluding hydrogens is 186 g/mol. The highest BCUT2D eigenvalue weighted by Crippen LogP contribution is 2.11. The predicted molar refractivity (Wildman–Crippen MR) is 48.6 cm³/mol. The van der Waals surface area contributed by atoms with Crippen LogP contribution in [0.25, 0.3) is 0 Å². The summed E-state index contributed by atoms with van der Waals surface area (Å²) in [5, 5.41) is 0. The van der Waals surface area contributed by atoms with Gasteiger partial charge in [-0.1, -0.05) is 0 Å². The number of likely N-dealkylation sites (N-methyl/N-ethyl adjacent to an activating group) is 1. The van der Waals surface area contributed by atoms with Crippen LogP contribution in [0.1, 0.15) is 13.3 Å². The lowest BCUT2D eigenvalue weighted by Gasteiger charge is -2.19. The first-order valence-corrected chi connectivity index (χ1v) is 4.67. The zero-order valence-corrected chi connectivity index (χ0v) is 8.49. The minimum atomic E-state index is -0.310. The molecule has 80 valence electrons. The lowest BCUT2D eigenvalue weighted by molar-refractivity contribution is -0.147. The second-order valence-corrected chi connectivity index (χ2v) is 3.19. The molecule has 0 N–H and O–H groups in total. The quantitative estimate of drug-likeness (QED) is 0.589. The summed E-state index contributed by atoms with van der Waals surface area (Å²) >= 11 is 0. The van der Waals surface area contributed by atoms with Gasteiger partial charge in [-0.25, -0.2) is 0 Å². The molecule has 0 saturated carbocycles. The molecule has 0 bridgehead atoms. The molecule has 1 aliphatic heterocycles. The van der Waals surface area contributed by atoms with Crippen molar-refractivity contribution in [1.82, 2.24) is 4.90 Å². The van der Waals surface area contributed by atoms with E-state index in [9.17, 15) is 9.59 Å². The number of hydrogen-bond acceptors (Lipinski definition) is 5. The molecule has 0 amide bonds. The van der Waals surface area contributed by atoms with E-state index in [-0.39, 0.29) is 24.5 Å². The maximum Gasteiger partial charge on any atom is 0.323 e. The van der Waals surface area contributed by atoms with Gasteiger partial charge in [-0.2, -0.15) is 0 Å². The SMILES string of the molecule is CCOC(=O)CN(C)C1CCOC1=O. The van der Waals surface area contributed by atoms with Crippen LogP contribution in [0.2, 0.25) is 0 Å². The van der Waals surface area contributed by atoms with Gasteiger partial charge in [-0.3, -0.25) is 14.5 Å². The van der Waals surface area contributed by atoms with Crippen molar-refractivity contribution in [3.63, 3.8) is 0 Å². The van der Waals surface area contributed by atoms with Crippen LogP contribution >= 0.6 is 0 Å². The summed E-state index contributed by atoms with van der Waals surface area (Å²) < 4.78 is 9.57. The zero-order valence-electron chi connectivity index (χ0n) is 8.49. The molecule has 0 aromatic heterocycles. The molecule has 1 fully saturated rings. The standard InChI is InChI=1S/C9H15NO4/c1-3-13-8(11)6-10(2)7-4-5-14-9(7)12/h7H,3-6H2,1-2H3. The van der Waals surface area contributed by atoms with E-state index >= 15 is 0 Å². The molecule has 0 radical (unpaired) electrons. The van der Waals surface area contributed by atoms with E-state index < -0.39 is 0 Å². The van der Waals surface area contributed by atoms with Crippen molar-refractivity contribution in [2.75, 3.05) is 26.8 Å². The number of carbonyl (C=O) groups excluding carboxylic acids is 2. The Bertz CT molecular complexity index is 229. The highest BCUT2D eigenvalue weighted by Gasteiger charge is 2.31. The average molecular weight is 201 g/mol. The van der Waals surface area contributed by atoms with Gasteiger partial charge in [0.25, 0.3) is 0 Å². The lowest BCUT2D eigenvalue weighted by atomic mass is 10.2. The molecule has 14 heavy (non-hydrogen) atoms. The van der Waals surface area contributed by atoms with Crippen molar-refractivity contribution in [2.24, 2.45) is 0 Å². The van der Waals surface area contributed by atoms with Gasteiger partial charge in [0.2, 0.25) is 0 Å². The van der Waals surface area contributed by atoms with Gasteiger partial charge in [0.15, 0.2) is 0 Å². The van der Waals surface area contributed by atoms with Crippen LogP contribution in [-0.2, 0) is 19.1 Å².